The average molecular weight is 362 g/mol. The molecule has 1 N–H and O–H groups in total. The average Bonchev–Trinajstić information content (AvgIpc) is 3.43. The van der Waals surface area contributed by atoms with Crippen molar-refractivity contribution in [2.45, 2.75) is 38.6 Å². The Hall–Kier alpha value is -2.49. The lowest BCUT2D eigenvalue weighted by molar-refractivity contribution is -0.152. The third kappa shape index (κ3) is 2.56. The van der Waals surface area contributed by atoms with E-state index < -0.39 is 40.9 Å². The number of halogens is 2. The maximum absolute atomic E-state index is 14.3. The SMILES string of the molecule is COc1c(C2C(C#N)C(C)=NC(C3CC3)C2(C)C(=O)O)ccc(F)c1F. The van der Waals surface area contributed by atoms with E-state index >= 15 is 0 Å². The van der Waals surface area contributed by atoms with Crippen LogP contribution in [0.3, 0.4) is 0 Å². The van der Waals surface area contributed by atoms with Crippen molar-refractivity contribution in [2.75, 3.05) is 7.11 Å². The monoisotopic (exact) mass is 362 g/mol. The summed E-state index contributed by atoms with van der Waals surface area (Å²) in [6.45, 7) is 3.23. The van der Waals surface area contributed by atoms with Crippen molar-refractivity contribution in [1.29, 1.82) is 5.26 Å². The molecule has 26 heavy (non-hydrogen) atoms. The molecule has 138 valence electrons. The largest absolute Gasteiger partial charge is 0.493 e. The Labute approximate surface area is 150 Å². The van der Waals surface area contributed by atoms with Crippen LogP contribution in [0.15, 0.2) is 17.1 Å². The van der Waals surface area contributed by atoms with Gasteiger partial charge in [0.15, 0.2) is 11.6 Å². The number of rotatable bonds is 4. The van der Waals surface area contributed by atoms with Crippen molar-refractivity contribution < 1.29 is 23.4 Å². The molecule has 1 saturated carbocycles. The molecule has 0 bridgehead atoms. The number of hydrogen-bond donors (Lipinski definition) is 1. The van der Waals surface area contributed by atoms with Crippen molar-refractivity contribution in [2.24, 2.45) is 22.2 Å². The van der Waals surface area contributed by atoms with Crippen LogP contribution < -0.4 is 4.74 Å². The van der Waals surface area contributed by atoms with Gasteiger partial charge in [-0.1, -0.05) is 6.07 Å². The first-order valence-corrected chi connectivity index (χ1v) is 8.46. The minimum atomic E-state index is -1.43. The number of benzene rings is 1. The number of carboxylic acid groups (broad SMARTS) is 1. The molecule has 5 nitrogen and oxygen atoms in total. The van der Waals surface area contributed by atoms with Gasteiger partial charge >= 0.3 is 5.97 Å². The Balaban J connectivity index is 2.28. The number of methoxy groups -OCH3 is 1. The Morgan fingerprint density at radius 3 is 2.58 bits per heavy atom. The summed E-state index contributed by atoms with van der Waals surface area (Å²) < 4.78 is 33.0. The van der Waals surface area contributed by atoms with E-state index in [4.69, 9.17) is 4.74 Å². The number of aliphatic carboxylic acids is 1. The van der Waals surface area contributed by atoms with Crippen LogP contribution >= 0.6 is 0 Å². The van der Waals surface area contributed by atoms with Crippen LogP contribution in [0.1, 0.15) is 38.2 Å². The molecule has 0 spiro atoms. The van der Waals surface area contributed by atoms with Crippen LogP contribution in [-0.4, -0.2) is 29.9 Å². The second-order valence-corrected chi connectivity index (χ2v) is 7.21. The van der Waals surface area contributed by atoms with Crippen LogP contribution in [-0.2, 0) is 4.79 Å². The van der Waals surface area contributed by atoms with Gasteiger partial charge in [-0.15, -0.1) is 0 Å². The molecule has 1 aliphatic carbocycles. The topological polar surface area (TPSA) is 82.7 Å². The molecule has 7 heteroatoms. The molecule has 1 aliphatic heterocycles. The maximum Gasteiger partial charge on any atom is 0.312 e. The second kappa shape index (κ2) is 6.35. The van der Waals surface area contributed by atoms with Gasteiger partial charge in [-0.25, -0.2) is 4.39 Å². The summed E-state index contributed by atoms with van der Waals surface area (Å²) in [6, 6.07) is 3.85. The van der Waals surface area contributed by atoms with Crippen LogP contribution in [0.4, 0.5) is 8.78 Å². The molecular formula is C19H20F2N2O3. The fourth-order valence-corrected chi connectivity index (χ4v) is 4.14. The van der Waals surface area contributed by atoms with Gasteiger partial charge in [-0.2, -0.15) is 9.65 Å². The number of hydrogen-bond acceptors (Lipinski definition) is 4. The highest BCUT2D eigenvalue weighted by Crippen LogP contribution is 2.56. The van der Waals surface area contributed by atoms with Gasteiger partial charge in [-0.05, 0) is 38.7 Å². The number of carbonyl (C=O) groups is 1. The number of nitriles is 1. The van der Waals surface area contributed by atoms with Crippen molar-refractivity contribution in [3.63, 3.8) is 0 Å². The van der Waals surface area contributed by atoms with Crippen LogP contribution in [0, 0.1) is 40.2 Å². The molecule has 4 unspecified atom stereocenters. The third-order valence-corrected chi connectivity index (χ3v) is 5.67. The van der Waals surface area contributed by atoms with Gasteiger partial charge in [0.25, 0.3) is 0 Å². The quantitative estimate of drug-likeness (QED) is 0.888. The molecule has 1 fully saturated rings. The molecule has 4 atom stereocenters. The van der Waals surface area contributed by atoms with Gasteiger partial charge in [0.05, 0.1) is 30.6 Å². The second-order valence-electron chi connectivity index (χ2n) is 7.21. The number of ether oxygens (including phenoxy) is 1. The smallest absolute Gasteiger partial charge is 0.312 e. The maximum atomic E-state index is 14.3. The highest BCUT2D eigenvalue weighted by molar-refractivity contribution is 5.92. The normalized spacial score (nSPS) is 31.1. The summed E-state index contributed by atoms with van der Waals surface area (Å²) in [4.78, 5) is 16.9. The van der Waals surface area contributed by atoms with Crippen LogP contribution in [0.2, 0.25) is 0 Å². The van der Waals surface area contributed by atoms with E-state index in [1.54, 1.807) is 13.8 Å². The van der Waals surface area contributed by atoms with Gasteiger partial charge in [0.2, 0.25) is 5.82 Å². The first kappa shape index (κ1) is 18.3. The fourth-order valence-electron chi connectivity index (χ4n) is 4.14. The molecule has 0 radical (unpaired) electrons. The summed E-state index contributed by atoms with van der Waals surface area (Å²) in [5.41, 5.74) is -0.735. The van der Waals surface area contributed by atoms with Gasteiger partial charge < -0.3 is 9.84 Å². The van der Waals surface area contributed by atoms with Crippen LogP contribution in [0.5, 0.6) is 5.75 Å². The fraction of sp³-hybridized carbons (Fsp3) is 0.526. The molecular weight excluding hydrogens is 342 g/mol. The number of nitrogens with zero attached hydrogens (tertiary/aromatic N) is 2. The summed E-state index contributed by atoms with van der Waals surface area (Å²) >= 11 is 0. The molecule has 0 aromatic heterocycles. The molecule has 1 heterocycles. The molecule has 2 aliphatic rings. The zero-order valence-corrected chi connectivity index (χ0v) is 14.8. The Morgan fingerprint density at radius 2 is 2.08 bits per heavy atom. The van der Waals surface area contributed by atoms with Crippen molar-refractivity contribution in [3.05, 3.63) is 29.3 Å². The van der Waals surface area contributed by atoms with E-state index in [-0.39, 0.29) is 17.2 Å². The lowest BCUT2D eigenvalue weighted by Gasteiger charge is -2.45. The van der Waals surface area contributed by atoms with Crippen molar-refractivity contribution in [3.8, 4) is 11.8 Å². The lowest BCUT2D eigenvalue weighted by Crippen LogP contribution is -2.52. The summed E-state index contributed by atoms with van der Waals surface area (Å²) in [6.07, 6.45) is 1.73. The predicted molar refractivity (Wildman–Crippen MR) is 90.1 cm³/mol. The molecule has 0 amide bonds. The first-order chi connectivity index (χ1) is 12.3. The zero-order chi connectivity index (χ0) is 19.2. The summed E-state index contributed by atoms with van der Waals surface area (Å²) in [5.74, 6) is -5.39. The van der Waals surface area contributed by atoms with E-state index in [1.807, 2.05) is 0 Å². The van der Waals surface area contributed by atoms with Gasteiger partial charge in [-0.3, -0.25) is 9.79 Å². The van der Waals surface area contributed by atoms with E-state index in [2.05, 4.69) is 11.1 Å². The Bertz CT molecular complexity index is 829. The molecule has 0 saturated heterocycles. The first-order valence-electron chi connectivity index (χ1n) is 8.46. The van der Waals surface area contributed by atoms with Crippen LogP contribution in [0.25, 0.3) is 0 Å². The molecule has 3 rings (SSSR count). The van der Waals surface area contributed by atoms with Gasteiger partial charge in [0.1, 0.15) is 0 Å². The molecule has 1 aromatic rings. The summed E-state index contributed by atoms with van der Waals surface area (Å²) in [7, 11) is 1.20. The van der Waals surface area contributed by atoms with Crippen molar-refractivity contribution in [1.82, 2.24) is 0 Å². The molecule has 1 aromatic carbocycles. The minimum Gasteiger partial charge on any atom is -0.493 e. The Morgan fingerprint density at radius 1 is 1.42 bits per heavy atom. The zero-order valence-electron chi connectivity index (χ0n) is 14.8. The van der Waals surface area contributed by atoms with E-state index in [0.717, 1.165) is 18.9 Å². The van der Waals surface area contributed by atoms with Gasteiger partial charge in [0, 0.05) is 17.2 Å². The number of aliphatic imine (C=N–C) groups is 1. The Kier molecular flexibility index (Phi) is 4.47. The summed E-state index contributed by atoms with van der Waals surface area (Å²) in [5, 5.41) is 19.8. The lowest BCUT2D eigenvalue weighted by atomic mass is 9.60. The highest BCUT2D eigenvalue weighted by Gasteiger charge is 2.59. The predicted octanol–water partition coefficient (Wildman–Crippen LogP) is 3.54. The highest BCUT2D eigenvalue weighted by atomic mass is 19.2. The third-order valence-electron chi connectivity index (χ3n) is 5.67. The number of carboxylic acids is 1. The van der Waals surface area contributed by atoms with E-state index in [9.17, 15) is 23.9 Å². The van der Waals surface area contributed by atoms with E-state index in [1.165, 1.54) is 13.2 Å². The standard InChI is InChI=1S/C19H20F2N2O3/c1-9-12(8-22)14(11-6-7-13(20)15(21)16(11)26-3)19(2,18(24)25)17(23-9)10-4-5-10/h6-7,10,12,14,17H,4-5H2,1-3H3,(H,24,25). The van der Waals surface area contributed by atoms with Crippen molar-refractivity contribution >= 4 is 11.7 Å². The van der Waals surface area contributed by atoms with E-state index in [0.29, 0.717) is 5.71 Å². The minimum absolute atomic E-state index is 0.115.